The number of amides is 1. The smallest absolute Gasteiger partial charge is 0.267 e. The highest BCUT2D eigenvalue weighted by Gasteiger charge is 2.34. The number of rotatable bonds is 5. The molecule has 1 aliphatic rings. The van der Waals surface area contributed by atoms with Gasteiger partial charge in [0.25, 0.3) is 5.91 Å². The van der Waals surface area contributed by atoms with Crippen molar-refractivity contribution in [3.63, 3.8) is 0 Å². The van der Waals surface area contributed by atoms with Crippen LogP contribution in [-0.4, -0.2) is 32.4 Å². The molecule has 1 saturated heterocycles. The van der Waals surface area contributed by atoms with Gasteiger partial charge in [-0.3, -0.25) is 9.69 Å². The van der Waals surface area contributed by atoms with Crippen molar-refractivity contribution in [2.45, 2.75) is 6.54 Å². The second-order valence-corrected chi connectivity index (χ2v) is 10.4. The van der Waals surface area contributed by atoms with E-state index in [1.165, 1.54) is 17.4 Å². The van der Waals surface area contributed by atoms with E-state index in [4.69, 9.17) is 4.42 Å². The Hall–Kier alpha value is -2.34. The number of thioether (sulfide) groups is 1. The van der Waals surface area contributed by atoms with E-state index in [2.05, 4.69) is 58.0 Å². The quantitative estimate of drug-likeness (QED) is 0.186. The van der Waals surface area contributed by atoms with E-state index in [0.29, 0.717) is 31.4 Å². The molecule has 1 fully saturated rings. The molecule has 0 aliphatic carbocycles. The van der Waals surface area contributed by atoms with Gasteiger partial charge in [-0.1, -0.05) is 31.9 Å². The third-order valence-electron chi connectivity index (χ3n) is 4.46. The Morgan fingerprint density at radius 3 is 2.61 bits per heavy atom. The highest BCUT2D eigenvalue weighted by Crippen LogP contribution is 2.36. The van der Waals surface area contributed by atoms with Gasteiger partial charge in [-0.05, 0) is 76.2 Å². The number of halogens is 3. The Kier molecular flexibility index (Phi) is 7.42. The topological polar surface area (TPSA) is 98.6 Å². The summed E-state index contributed by atoms with van der Waals surface area (Å²) in [5.74, 6) is 0.366. The van der Waals surface area contributed by atoms with Gasteiger partial charge in [-0.25, -0.2) is 0 Å². The normalized spacial score (nSPS) is 16.6. The van der Waals surface area contributed by atoms with Crippen LogP contribution < -0.4 is 0 Å². The number of carbonyl (C=O) groups is 1. The number of furan rings is 1. The van der Waals surface area contributed by atoms with Crippen molar-refractivity contribution in [3.05, 3.63) is 83.9 Å². The molecule has 7 nitrogen and oxygen atoms in total. The predicted molar refractivity (Wildman–Crippen MR) is 139 cm³/mol. The van der Waals surface area contributed by atoms with Crippen LogP contribution >= 0.6 is 59.6 Å². The zero-order valence-corrected chi connectivity index (χ0v) is 22.1. The summed E-state index contributed by atoms with van der Waals surface area (Å²) < 4.78 is 7.43. The lowest BCUT2D eigenvalue weighted by Crippen LogP contribution is -2.28. The largest absolute Gasteiger partial charge is 0.507 e. The van der Waals surface area contributed by atoms with Crippen LogP contribution in [-0.2, 0) is 11.3 Å². The molecule has 0 saturated carbocycles. The summed E-state index contributed by atoms with van der Waals surface area (Å²) in [5, 5.41) is 29.0. The number of phenolic OH excluding ortho intramolecular Hbond substituents is 2. The molecule has 0 bridgehead atoms. The van der Waals surface area contributed by atoms with Crippen LogP contribution in [0.1, 0.15) is 16.9 Å². The lowest BCUT2D eigenvalue weighted by atomic mass is 10.2. The molecule has 0 atom stereocenters. The molecule has 0 unspecified atom stereocenters. The first-order valence-corrected chi connectivity index (χ1v) is 12.5. The summed E-state index contributed by atoms with van der Waals surface area (Å²) in [6.07, 6.45) is 4.53. The van der Waals surface area contributed by atoms with Crippen LogP contribution in [0.15, 0.2) is 81.7 Å². The highest BCUT2D eigenvalue weighted by atomic mass is 79.9. The van der Waals surface area contributed by atoms with Crippen LogP contribution in [0.5, 0.6) is 11.5 Å². The number of hydrogen-bond donors (Lipinski definition) is 2. The van der Waals surface area contributed by atoms with Crippen LogP contribution in [0.25, 0.3) is 6.08 Å². The second-order valence-electron chi connectivity index (χ2n) is 6.74. The Labute approximate surface area is 218 Å². The molecule has 2 N–H and O–H groups in total. The fraction of sp³-hybridized carbons (Fsp3) is 0.0455. The molecule has 168 valence electrons. The Morgan fingerprint density at radius 1 is 1.06 bits per heavy atom. The summed E-state index contributed by atoms with van der Waals surface area (Å²) in [6, 6.07) is 11.9. The molecule has 0 spiro atoms. The summed E-state index contributed by atoms with van der Waals surface area (Å²) in [4.78, 5) is 15.0. The Balaban J connectivity index is 1.67. The number of benzene rings is 2. The van der Waals surface area contributed by atoms with Gasteiger partial charge in [0.05, 0.1) is 28.4 Å². The van der Waals surface area contributed by atoms with Crippen molar-refractivity contribution >= 4 is 82.9 Å². The van der Waals surface area contributed by atoms with E-state index >= 15 is 0 Å². The van der Waals surface area contributed by atoms with Crippen molar-refractivity contribution in [3.8, 4) is 11.5 Å². The van der Waals surface area contributed by atoms with Crippen molar-refractivity contribution in [2.24, 2.45) is 10.2 Å². The number of nitrogens with zero attached hydrogens (tertiary/aromatic N) is 3. The highest BCUT2D eigenvalue weighted by molar-refractivity contribution is 9.11. The SMILES string of the molecule is O=C1/C(=C/c2cc(Br)ccc2O)S/C(=N\N=C\c2cc(Br)cc(Br)c2O)N1Cc1ccco1. The van der Waals surface area contributed by atoms with Crippen LogP contribution in [0.3, 0.4) is 0 Å². The summed E-state index contributed by atoms with van der Waals surface area (Å²) in [5.41, 5.74) is 0.939. The zero-order chi connectivity index (χ0) is 23.5. The molecule has 4 rings (SSSR count). The van der Waals surface area contributed by atoms with Gasteiger partial charge in [0.15, 0.2) is 5.17 Å². The van der Waals surface area contributed by atoms with Gasteiger partial charge < -0.3 is 14.6 Å². The molecule has 1 aliphatic heterocycles. The van der Waals surface area contributed by atoms with E-state index in [9.17, 15) is 15.0 Å². The Morgan fingerprint density at radius 2 is 1.85 bits per heavy atom. The van der Waals surface area contributed by atoms with Crippen molar-refractivity contribution in [1.29, 1.82) is 0 Å². The van der Waals surface area contributed by atoms with Gasteiger partial charge >= 0.3 is 0 Å². The molecule has 1 amide bonds. The van der Waals surface area contributed by atoms with Crippen molar-refractivity contribution in [2.75, 3.05) is 0 Å². The lowest BCUT2D eigenvalue weighted by Gasteiger charge is -2.12. The third kappa shape index (κ3) is 5.60. The van der Waals surface area contributed by atoms with Crippen molar-refractivity contribution in [1.82, 2.24) is 4.90 Å². The van der Waals surface area contributed by atoms with Crippen LogP contribution in [0, 0.1) is 0 Å². The molecule has 3 aromatic rings. The summed E-state index contributed by atoms with van der Waals surface area (Å²) in [7, 11) is 0. The molecule has 11 heteroatoms. The minimum Gasteiger partial charge on any atom is -0.507 e. The zero-order valence-electron chi connectivity index (χ0n) is 16.6. The average molecular weight is 656 g/mol. The number of carbonyl (C=O) groups excluding carboxylic acids is 1. The molecule has 1 aromatic heterocycles. The average Bonchev–Trinajstić information content (AvgIpc) is 3.38. The fourth-order valence-corrected chi connectivity index (χ4v) is 5.45. The molecular formula is C22H14Br3N3O4S. The lowest BCUT2D eigenvalue weighted by molar-refractivity contribution is -0.122. The third-order valence-corrected chi connectivity index (χ3v) is 7.01. The maximum absolute atomic E-state index is 13.1. The first-order chi connectivity index (χ1) is 15.8. The second kappa shape index (κ2) is 10.3. The van der Waals surface area contributed by atoms with Gasteiger partial charge in [-0.15, -0.1) is 5.10 Å². The van der Waals surface area contributed by atoms with Gasteiger partial charge in [0.1, 0.15) is 17.3 Å². The molecule has 0 radical (unpaired) electrons. The minimum atomic E-state index is -0.294. The minimum absolute atomic E-state index is 0.0236. The maximum Gasteiger partial charge on any atom is 0.267 e. The van der Waals surface area contributed by atoms with Gasteiger partial charge in [-0.2, -0.15) is 5.10 Å². The van der Waals surface area contributed by atoms with E-state index in [1.54, 1.807) is 48.5 Å². The number of phenols is 2. The van der Waals surface area contributed by atoms with Gasteiger partial charge in [0, 0.05) is 20.1 Å². The van der Waals surface area contributed by atoms with Gasteiger partial charge in [0.2, 0.25) is 0 Å². The fourth-order valence-electron chi connectivity index (χ4n) is 2.89. The monoisotopic (exact) mass is 653 g/mol. The molecule has 33 heavy (non-hydrogen) atoms. The maximum atomic E-state index is 13.1. The molecular weight excluding hydrogens is 642 g/mol. The van der Waals surface area contributed by atoms with E-state index in [-0.39, 0.29) is 24.0 Å². The summed E-state index contributed by atoms with van der Waals surface area (Å²) >= 11 is 11.1. The Bertz CT molecular complexity index is 1310. The van der Waals surface area contributed by atoms with E-state index in [0.717, 1.165) is 20.7 Å². The number of hydrogen-bond acceptors (Lipinski definition) is 7. The van der Waals surface area contributed by atoms with E-state index < -0.39 is 0 Å². The number of amidine groups is 1. The first-order valence-electron chi connectivity index (χ1n) is 9.33. The van der Waals surface area contributed by atoms with Crippen LogP contribution in [0.4, 0.5) is 0 Å². The molecule has 2 aromatic carbocycles. The first kappa shape index (κ1) is 23.8. The number of aromatic hydroxyl groups is 2. The standard InChI is InChI=1S/C22H14Br3N3O4S/c23-14-3-4-18(29)12(6-14)8-19-21(31)28(11-16-2-1-5-32-16)22(33-19)27-26-10-13-7-15(24)9-17(25)20(13)30/h1-10,29-30H,11H2/b19-8-,26-10+,27-22-. The van der Waals surface area contributed by atoms with Crippen LogP contribution in [0.2, 0.25) is 0 Å². The predicted octanol–water partition coefficient (Wildman–Crippen LogP) is 6.48. The summed E-state index contributed by atoms with van der Waals surface area (Å²) in [6.45, 7) is 0.169. The van der Waals surface area contributed by atoms with E-state index in [1.807, 2.05) is 0 Å². The van der Waals surface area contributed by atoms with Crippen molar-refractivity contribution < 1.29 is 19.4 Å². The molecule has 2 heterocycles.